The maximum Gasteiger partial charge on any atom is 0.338 e. The fraction of sp³-hybridized carbons (Fsp3) is 0.125. The molecule has 0 aliphatic rings. The number of phenolic OH excluding ortho intramolecular Hbond substituents is 1. The van der Waals surface area contributed by atoms with Crippen LogP contribution in [0.4, 0.5) is 18.9 Å². The first-order valence-corrected chi connectivity index (χ1v) is 6.74. The number of anilines is 1. The number of halogens is 3. The summed E-state index contributed by atoms with van der Waals surface area (Å²) in [5.74, 6) is -6.49. The topological polar surface area (TPSA) is 75.6 Å². The van der Waals surface area contributed by atoms with Gasteiger partial charge in [0.25, 0.3) is 5.91 Å². The summed E-state index contributed by atoms with van der Waals surface area (Å²) in [6, 6.07) is 6.60. The van der Waals surface area contributed by atoms with Crippen LogP contribution in [0.3, 0.4) is 0 Å². The van der Waals surface area contributed by atoms with Crippen molar-refractivity contribution in [3.05, 3.63) is 59.4 Å². The van der Waals surface area contributed by atoms with Crippen LogP contribution in [0.2, 0.25) is 0 Å². The molecular formula is C16H12F3NO4. The predicted molar refractivity (Wildman–Crippen MR) is 77.9 cm³/mol. The quantitative estimate of drug-likeness (QED) is 0.663. The van der Waals surface area contributed by atoms with Gasteiger partial charge in [-0.1, -0.05) is 0 Å². The average Bonchev–Trinajstić information content (AvgIpc) is 2.55. The third kappa shape index (κ3) is 3.83. The van der Waals surface area contributed by atoms with Crippen LogP contribution in [-0.2, 0) is 9.53 Å². The summed E-state index contributed by atoms with van der Waals surface area (Å²) in [5.41, 5.74) is -0.488. The van der Waals surface area contributed by atoms with Gasteiger partial charge in [0.2, 0.25) is 0 Å². The molecule has 1 amide bonds. The number of aromatic hydroxyl groups is 1. The number of carbonyl (C=O) groups is 2. The van der Waals surface area contributed by atoms with Crippen LogP contribution in [-0.4, -0.2) is 23.1 Å². The first kappa shape index (κ1) is 17.3. The third-order valence-electron chi connectivity index (χ3n) is 3.05. The largest absolute Gasteiger partial charge is 0.508 e. The zero-order valence-electron chi connectivity index (χ0n) is 12.3. The van der Waals surface area contributed by atoms with Crippen molar-refractivity contribution in [2.24, 2.45) is 0 Å². The first-order chi connectivity index (χ1) is 11.3. The number of ether oxygens (including phenoxy) is 1. The monoisotopic (exact) mass is 339 g/mol. The van der Waals surface area contributed by atoms with E-state index in [1.54, 1.807) is 0 Å². The molecule has 0 aromatic heterocycles. The maximum absolute atomic E-state index is 13.5. The molecule has 2 N–H and O–H groups in total. The molecule has 0 aliphatic carbocycles. The number of benzene rings is 2. The number of amides is 1. The second-order valence-electron chi connectivity index (χ2n) is 4.81. The highest BCUT2D eigenvalue weighted by Gasteiger charge is 2.21. The minimum absolute atomic E-state index is 0.0499. The Hall–Kier alpha value is -3.03. The highest BCUT2D eigenvalue weighted by molar-refractivity contribution is 5.97. The fourth-order valence-corrected chi connectivity index (χ4v) is 1.74. The molecule has 0 saturated carbocycles. The van der Waals surface area contributed by atoms with Gasteiger partial charge in [0.05, 0.1) is 11.3 Å². The van der Waals surface area contributed by atoms with Gasteiger partial charge >= 0.3 is 5.97 Å². The van der Waals surface area contributed by atoms with E-state index >= 15 is 0 Å². The second kappa shape index (κ2) is 7.03. The van der Waals surface area contributed by atoms with E-state index in [4.69, 9.17) is 9.84 Å². The van der Waals surface area contributed by atoms with Crippen molar-refractivity contribution in [1.29, 1.82) is 0 Å². The van der Waals surface area contributed by atoms with Crippen molar-refractivity contribution >= 4 is 17.6 Å². The summed E-state index contributed by atoms with van der Waals surface area (Å²) in [6.45, 7) is 1.23. The minimum atomic E-state index is -1.72. The van der Waals surface area contributed by atoms with E-state index in [2.05, 4.69) is 0 Å². The molecule has 126 valence electrons. The Morgan fingerprint density at radius 1 is 1.04 bits per heavy atom. The lowest BCUT2D eigenvalue weighted by Gasteiger charge is -2.14. The smallest absolute Gasteiger partial charge is 0.338 e. The summed E-state index contributed by atoms with van der Waals surface area (Å²) in [5, 5.41) is 11.1. The average molecular weight is 339 g/mol. The number of rotatable bonds is 4. The molecule has 2 rings (SSSR count). The van der Waals surface area contributed by atoms with Gasteiger partial charge in [0.1, 0.15) is 5.75 Å². The molecule has 0 spiro atoms. The molecule has 2 aromatic carbocycles. The van der Waals surface area contributed by atoms with E-state index in [1.165, 1.54) is 31.2 Å². The van der Waals surface area contributed by atoms with Gasteiger partial charge in [-0.2, -0.15) is 0 Å². The molecular weight excluding hydrogens is 327 g/mol. The van der Waals surface area contributed by atoms with Crippen molar-refractivity contribution in [3.63, 3.8) is 0 Å². The first-order valence-electron chi connectivity index (χ1n) is 6.74. The molecule has 24 heavy (non-hydrogen) atoms. The highest BCUT2D eigenvalue weighted by Crippen LogP contribution is 2.20. The van der Waals surface area contributed by atoms with E-state index in [0.717, 1.165) is 6.07 Å². The van der Waals surface area contributed by atoms with Gasteiger partial charge in [-0.25, -0.2) is 18.0 Å². The fourth-order valence-electron chi connectivity index (χ4n) is 1.74. The van der Waals surface area contributed by atoms with Crippen molar-refractivity contribution in [2.75, 3.05) is 5.32 Å². The Balaban J connectivity index is 2.03. The van der Waals surface area contributed by atoms with E-state index in [9.17, 15) is 22.8 Å². The Morgan fingerprint density at radius 2 is 1.67 bits per heavy atom. The van der Waals surface area contributed by atoms with E-state index in [1.807, 2.05) is 5.32 Å². The van der Waals surface area contributed by atoms with Crippen LogP contribution < -0.4 is 5.32 Å². The maximum atomic E-state index is 13.5. The van der Waals surface area contributed by atoms with Gasteiger partial charge in [-0.05, 0) is 43.3 Å². The number of hydrogen-bond donors (Lipinski definition) is 2. The SMILES string of the molecule is C[C@H](OC(=O)c1ccc(O)cc1)C(=O)Nc1ccc(F)c(F)c1F. The van der Waals surface area contributed by atoms with Gasteiger partial charge in [0.15, 0.2) is 23.6 Å². The van der Waals surface area contributed by atoms with E-state index < -0.39 is 41.1 Å². The summed E-state index contributed by atoms with van der Waals surface area (Å²) >= 11 is 0. The molecule has 0 radical (unpaired) electrons. The molecule has 0 aliphatic heterocycles. The van der Waals surface area contributed by atoms with Gasteiger partial charge in [0, 0.05) is 0 Å². The number of nitrogens with one attached hydrogen (secondary N) is 1. The number of hydrogen-bond acceptors (Lipinski definition) is 4. The lowest BCUT2D eigenvalue weighted by Crippen LogP contribution is -2.30. The lowest BCUT2D eigenvalue weighted by atomic mass is 10.2. The molecule has 8 heteroatoms. The van der Waals surface area contributed by atoms with Crippen LogP contribution >= 0.6 is 0 Å². The van der Waals surface area contributed by atoms with Crippen molar-refractivity contribution in [1.82, 2.24) is 0 Å². The van der Waals surface area contributed by atoms with Crippen LogP contribution in [0.15, 0.2) is 36.4 Å². The number of esters is 1. The Bertz CT molecular complexity index is 778. The molecule has 5 nitrogen and oxygen atoms in total. The zero-order valence-corrected chi connectivity index (χ0v) is 12.3. The molecule has 2 aromatic rings. The van der Waals surface area contributed by atoms with Gasteiger partial charge in [-0.3, -0.25) is 4.79 Å². The highest BCUT2D eigenvalue weighted by atomic mass is 19.2. The second-order valence-corrected chi connectivity index (χ2v) is 4.81. The van der Waals surface area contributed by atoms with Crippen LogP contribution in [0, 0.1) is 17.5 Å². The van der Waals surface area contributed by atoms with E-state index in [-0.39, 0.29) is 11.3 Å². The number of carbonyl (C=O) groups excluding carboxylic acids is 2. The predicted octanol–water partition coefficient (Wildman–Crippen LogP) is 2.99. The molecule has 0 saturated heterocycles. The molecule has 0 heterocycles. The minimum Gasteiger partial charge on any atom is -0.508 e. The summed E-state index contributed by atoms with van der Waals surface area (Å²) < 4.78 is 44.3. The third-order valence-corrected chi connectivity index (χ3v) is 3.05. The number of phenols is 1. The normalized spacial score (nSPS) is 11.7. The molecule has 1 atom stereocenters. The Labute approximate surface area is 134 Å². The molecule has 0 unspecified atom stereocenters. The lowest BCUT2D eigenvalue weighted by molar-refractivity contribution is -0.123. The molecule has 0 bridgehead atoms. The molecule has 0 fully saturated rings. The summed E-state index contributed by atoms with van der Waals surface area (Å²) in [7, 11) is 0. The van der Waals surface area contributed by atoms with Crippen LogP contribution in [0.5, 0.6) is 5.75 Å². The van der Waals surface area contributed by atoms with Gasteiger partial charge < -0.3 is 15.2 Å². The van der Waals surface area contributed by atoms with E-state index in [0.29, 0.717) is 6.07 Å². The van der Waals surface area contributed by atoms with Gasteiger partial charge in [-0.15, -0.1) is 0 Å². The Kier molecular flexibility index (Phi) is 5.08. The summed E-state index contributed by atoms with van der Waals surface area (Å²) in [4.78, 5) is 23.7. The van der Waals surface area contributed by atoms with Crippen molar-refractivity contribution in [3.8, 4) is 5.75 Å². The van der Waals surface area contributed by atoms with Crippen molar-refractivity contribution < 1.29 is 32.6 Å². The van der Waals surface area contributed by atoms with Crippen LogP contribution in [0.25, 0.3) is 0 Å². The summed E-state index contributed by atoms with van der Waals surface area (Å²) in [6.07, 6.45) is -1.32. The Morgan fingerprint density at radius 3 is 2.29 bits per heavy atom. The van der Waals surface area contributed by atoms with Crippen LogP contribution in [0.1, 0.15) is 17.3 Å². The van der Waals surface area contributed by atoms with Crippen molar-refractivity contribution in [2.45, 2.75) is 13.0 Å². The standard InChI is InChI=1S/C16H12F3NO4/c1-8(24-16(23)9-2-4-10(21)5-3-9)15(22)20-12-7-6-11(17)13(18)14(12)19/h2-8,21H,1H3,(H,20,22)/t8-/m0/s1. The zero-order chi connectivity index (χ0) is 17.9.